The summed E-state index contributed by atoms with van der Waals surface area (Å²) in [4.78, 5) is 23.5. The third-order valence-corrected chi connectivity index (χ3v) is 3.75. The number of amides is 1. The van der Waals surface area contributed by atoms with Gasteiger partial charge < -0.3 is 10.4 Å². The lowest BCUT2D eigenvalue weighted by atomic mass is 10.1. The lowest BCUT2D eigenvalue weighted by Gasteiger charge is -2.16. The van der Waals surface area contributed by atoms with Crippen molar-refractivity contribution in [2.45, 2.75) is 32.2 Å². The van der Waals surface area contributed by atoms with Crippen LogP contribution in [0.1, 0.15) is 37.8 Å². The van der Waals surface area contributed by atoms with Crippen LogP contribution in [0.5, 0.6) is 0 Å². The second kappa shape index (κ2) is 6.09. The number of carboxylic acid groups (broad SMARTS) is 1. The minimum absolute atomic E-state index is 0.289. The van der Waals surface area contributed by atoms with E-state index in [-0.39, 0.29) is 5.91 Å². The predicted molar refractivity (Wildman–Crippen MR) is 76.5 cm³/mol. The average molecular weight is 294 g/mol. The Morgan fingerprint density at radius 3 is 2.40 bits per heavy atom. The van der Waals surface area contributed by atoms with Crippen molar-refractivity contribution in [3.63, 3.8) is 0 Å². The van der Waals surface area contributed by atoms with Crippen LogP contribution < -0.4 is 5.32 Å². The molecule has 1 aliphatic carbocycles. The minimum Gasteiger partial charge on any atom is -0.479 e. The maximum absolute atomic E-state index is 12.2. The van der Waals surface area contributed by atoms with E-state index in [2.05, 4.69) is 5.32 Å². The second-order valence-electron chi connectivity index (χ2n) is 4.91. The largest absolute Gasteiger partial charge is 0.479 e. The Bertz CT molecular complexity index is 563. The van der Waals surface area contributed by atoms with Crippen LogP contribution in [-0.4, -0.2) is 17.0 Å². The molecule has 0 radical (unpaired) electrons. The van der Waals surface area contributed by atoms with Gasteiger partial charge in [-0.15, -0.1) is 0 Å². The maximum Gasteiger partial charge on any atom is 0.330 e. The van der Waals surface area contributed by atoms with E-state index in [0.29, 0.717) is 22.6 Å². The highest BCUT2D eigenvalue weighted by Gasteiger charge is 2.25. The van der Waals surface area contributed by atoms with Crippen LogP contribution in [0.2, 0.25) is 5.02 Å². The summed E-state index contributed by atoms with van der Waals surface area (Å²) in [6.07, 6.45) is 2.57. The average Bonchev–Trinajstić information content (AvgIpc) is 2.83. The van der Waals surface area contributed by atoms with Gasteiger partial charge in [-0.05, 0) is 43.9 Å². The van der Waals surface area contributed by atoms with Gasteiger partial charge >= 0.3 is 5.97 Å². The fraction of sp³-hybridized carbons (Fsp3) is 0.333. The molecule has 0 aromatic heterocycles. The first-order valence-corrected chi connectivity index (χ1v) is 6.84. The Hall–Kier alpha value is -1.81. The van der Waals surface area contributed by atoms with Crippen molar-refractivity contribution in [3.05, 3.63) is 46.0 Å². The molecule has 2 rings (SSSR count). The Labute approximate surface area is 122 Å². The molecule has 0 saturated heterocycles. The molecule has 0 aliphatic heterocycles. The van der Waals surface area contributed by atoms with E-state index < -0.39 is 12.0 Å². The highest BCUT2D eigenvalue weighted by molar-refractivity contribution is 6.30. The van der Waals surface area contributed by atoms with Crippen molar-refractivity contribution in [3.8, 4) is 0 Å². The molecule has 0 saturated carbocycles. The summed E-state index contributed by atoms with van der Waals surface area (Å²) < 4.78 is 0. The molecule has 1 aliphatic rings. The monoisotopic (exact) mass is 293 g/mol. The summed E-state index contributed by atoms with van der Waals surface area (Å²) >= 11 is 5.78. The number of carboxylic acids is 1. The van der Waals surface area contributed by atoms with Gasteiger partial charge in [0.2, 0.25) is 5.91 Å². The van der Waals surface area contributed by atoms with E-state index in [4.69, 9.17) is 11.6 Å². The molecule has 1 aromatic rings. The number of hydrogen-bond acceptors (Lipinski definition) is 2. The van der Waals surface area contributed by atoms with Crippen LogP contribution in [0.15, 0.2) is 35.4 Å². The first kappa shape index (κ1) is 14.6. The predicted octanol–water partition coefficient (Wildman–Crippen LogP) is 3.08. The van der Waals surface area contributed by atoms with Crippen LogP contribution in [0.4, 0.5) is 0 Å². The molecular formula is C15H16ClNO3. The highest BCUT2D eigenvalue weighted by Crippen LogP contribution is 2.26. The first-order valence-electron chi connectivity index (χ1n) is 6.47. The molecule has 106 valence electrons. The highest BCUT2D eigenvalue weighted by atomic mass is 35.5. The molecule has 2 N–H and O–H groups in total. The first-order chi connectivity index (χ1) is 9.49. The lowest BCUT2D eigenvalue weighted by Crippen LogP contribution is -2.34. The Morgan fingerprint density at radius 1 is 1.25 bits per heavy atom. The van der Waals surface area contributed by atoms with Crippen molar-refractivity contribution in [2.24, 2.45) is 0 Å². The van der Waals surface area contributed by atoms with Gasteiger partial charge in [-0.1, -0.05) is 29.3 Å². The molecule has 1 atom stereocenters. The number of benzene rings is 1. The molecule has 1 unspecified atom stereocenters. The van der Waals surface area contributed by atoms with Crippen LogP contribution in [0.3, 0.4) is 0 Å². The molecule has 0 spiro atoms. The van der Waals surface area contributed by atoms with Crippen molar-refractivity contribution in [1.82, 2.24) is 5.32 Å². The fourth-order valence-electron chi connectivity index (χ4n) is 2.36. The van der Waals surface area contributed by atoms with E-state index in [1.807, 2.05) is 6.92 Å². The normalized spacial score (nSPS) is 16.1. The summed E-state index contributed by atoms with van der Waals surface area (Å²) in [7, 11) is 0. The van der Waals surface area contributed by atoms with Crippen molar-refractivity contribution >= 4 is 23.5 Å². The van der Waals surface area contributed by atoms with Gasteiger partial charge in [0.15, 0.2) is 6.04 Å². The molecule has 4 nitrogen and oxygen atoms in total. The lowest BCUT2D eigenvalue weighted by molar-refractivity contribution is -0.141. The molecule has 5 heteroatoms. The Kier molecular flexibility index (Phi) is 4.45. The van der Waals surface area contributed by atoms with Crippen molar-refractivity contribution < 1.29 is 14.7 Å². The van der Waals surface area contributed by atoms with Crippen LogP contribution in [-0.2, 0) is 9.59 Å². The number of halogens is 1. The summed E-state index contributed by atoms with van der Waals surface area (Å²) in [5, 5.41) is 12.4. The number of aliphatic carboxylic acids is 1. The van der Waals surface area contributed by atoms with E-state index in [0.717, 1.165) is 18.4 Å². The summed E-state index contributed by atoms with van der Waals surface area (Å²) in [6, 6.07) is 5.38. The maximum atomic E-state index is 12.2. The van der Waals surface area contributed by atoms with Gasteiger partial charge in [-0.2, -0.15) is 0 Å². The van der Waals surface area contributed by atoms with Gasteiger partial charge in [-0.25, -0.2) is 4.79 Å². The third kappa shape index (κ3) is 3.20. The quantitative estimate of drug-likeness (QED) is 0.896. The fourth-order valence-corrected chi connectivity index (χ4v) is 2.49. The van der Waals surface area contributed by atoms with E-state index in [9.17, 15) is 14.7 Å². The number of rotatable bonds is 4. The molecular weight excluding hydrogens is 278 g/mol. The van der Waals surface area contributed by atoms with Crippen LogP contribution >= 0.6 is 11.6 Å². The Balaban J connectivity index is 2.18. The van der Waals surface area contributed by atoms with E-state index >= 15 is 0 Å². The minimum atomic E-state index is -1.09. The van der Waals surface area contributed by atoms with Gasteiger partial charge in [0.05, 0.1) is 0 Å². The van der Waals surface area contributed by atoms with Gasteiger partial charge in [0.25, 0.3) is 0 Å². The number of hydrogen-bond donors (Lipinski definition) is 2. The van der Waals surface area contributed by atoms with Gasteiger partial charge in [0, 0.05) is 10.6 Å². The molecule has 1 aromatic carbocycles. The summed E-state index contributed by atoms with van der Waals surface area (Å²) in [5.41, 5.74) is 2.26. The zero-order valence-corrected chi connectivity index (χ0v) is 11.9. The molecule has 20 heavy (non-hydrogen) atoms. The van der Waals surface area contributed by atoms with Crippen LogP contribution in [0, 0.1) is 0 Å². The Morgan fingerprint density at radius 2 is 1.90 bits per heavy atom. The van der Waals surface area contributed by atoms with Gasteiger partial charge in [0.1, 0.15) is 0 Å². The molecule has 1 amide bonds. The van der Waals surface area contributed by atoms with E-state index in [1.54, 1.807) is 24.3 Å². The SMILES string of the molecule is CC1=C(C(=O)NC(C(=O)O)c2ccc(Cl)cc2)CCC1. The number of carbonyl (C=O) groups is 2. The topological polar surface area (TPSA) is 66.4 Å². The number of nitrogens with one attached hydrogen (secondary N) is 1. The number of allylic oxidation sites excluding steroid dienone is 1. The van der Waals surface area contributed by atoms with Gasteiger partial charge in [-0.3, -0.25) is 4.79 Å². The van der Waals surface area contributed by atoms with E-state index in [1.165, 1.54) is 0 Å². The zero-order chi connectivity index (χ0) is 14.7. The third-order valence-electron chi connectivity index (χ3n) is 3.49. The number of carbonyl (C=O) groups excluding carboxylic acids is 1. The smallest absolute Gasteiger partial charge is 0.330 e. The summed E-state index contributed by atoms with van der Waals surface area (Å²) in [6.45, 7) is 1.92. The zero-order valence-electron chi connectivity index (χ0n) is 11.1. The summed E-state index contributed by atoms with van der Waals surface area (Å²) in [5.74, 6) is -1.38. The molecule has 0 bridgehead atoms. The molecule has 0 heterocycles. The second-order valence-corrected chi connectivity index (χ2v) is 5.35. The standard InChI is InChI=1S/C15H16ClNO3/c1-9-3-2-4-12(9)14(18)17-13(15(19)20)10-5-7-11(16)8-6-10/h5-8,13H,2-4H2,1H3,(H,17,18)(H,19,20). The van der Waals surface area contributed by atoms with Crippen molar-refractivity contribution in [2.75, 3.05) is 0 Å². The van der Waals surface area contributed by atoms with Crippen LogP contribution in [0.25, 0.3) is 0 Å². The van der Waals surface area contributed by atoms with Crippen molar-refractivity contribution in [1.29, 1.82) is 0 Å². The molecule has 0 fully saturated rings.